The predicted molar refractivity (Wildman–Crippen MR) is 96.4 cm³/mol. The Labute approximate surface area is 142 Å². The predicted octanol–water partition coefficient (Wildman–Crippen LogP) is 2.18. The fourth-order valence-corrected chi connectivity index (χ4v) is 3.30. The number of nitrogens with zero attached hydrogens (tertiary/aromatic N) is 3. The smallest absolute Gasteiger partial charge is 0.238 e. The van der Waals surface area contributed by atoms with Gasteiger partial charge in [0, 0.05) is 31.4 Å². The maximum Gasteiger partial charge on any atom is 0.238 e. The van der Waals surface area contributed by atoms with Crippen molar-refractivity contribution in [2.75, 3.05) is 36.4 Å². The number of nitrogens with one attached hydrogen (secondary N) is 2. The lowest BCUT2D eigenvalue weighted by molar-refractivity contribution is -0.117. The van der Waals surface area contributed by atoms with Crippen molar-refractivity contribution in [1.29, 1.82) is 0 Å². The Hall–Kier alpha value is -2.34. The Balaban J connectivity index is 1.55. The van der Waals surface area contributed by atoms with E-state index in [0.29, 0.717) is 12.6 Å². The van der Waals surface area contributed by atoms with Crippen LogP contribution in [-0.2, 0) is 4.79 Å². The van der Waals surface area contributed by atoms with E-state index in [1.165, 1.54) is 5.69 Å². The number of carbonyl (C=O) groups is 1. The van der Waals surface area contributed by atoms with Crippen molar-refractivity contribution in [2.45, 2.75) is 26.8 Å². The highest BCUT2D eigenvalue weighted by Crippen LogP contribution is 2.20. The molecule has 1 unspecified atom stereocenters. The van der Waals surface area contributed by atoms with Gasteiger partial charge in [-0.1, -0.05) is 18.2 Å². The Morgan fingerprint density at radius 1 is 1.29 bits per heavy atom. The average Bonchev–Trinajstić information content (AvgIpc) is 2.88. The van der Waals surface area contributed by atoms with E-state index in [9.17, 15) is 4.79 Å². The van der Waals surface area contributed by atoms with Gasteiger partial charge < -0.3 is 10.2 Å². The number of aromatic amines is 1. The molecule has 0 radical (unpaired) electrons. The molecule has 0 spiro atoms. The molecule has 1 aromatic heterocycles. The molecule has 6 heteroatoms. The van der Waals surface area contributed by atoms with Gasteiger partial charge in [0.15, 0.2) is 0 Å². The summed E-state index contributed by atoms with van der Waals surface area (Å²) in [6.07, 6.45) is 0. The molecule has 0 saturated carbocycles. The van der Waals surface area contributed by atoms with E-state index in [-0.39, 0.29) is 5.91 Å². The molecule has 1 aliphatic heterocycles. The number of hydrogen-bond acceptors (Lipinski definition) is 4. The fourth-order valence-electron chi connectivity index (χ4n) is 3.30. The normalized spacial score (nSPS) is 18.6. The van der Waals surface area contributed by atoms with Gasteiger partial charge in [-0.05, 0) is 32.9 Å². The topological polar surface area (TPSA) is 64.3 Å². The molecular weight excluding hydrogens is 302 g/mol. The van der Waals surface area contributed by atoms with Crippen LogP contribution in [0.4, 0.5) is 11.4 Å². The number of rotatable bonds is 4. The van der Waals surface area contributed by atoms with Gasteiger partial charge in [0.2, 0.25) is 5.91 Å². The van der Waals surface area contributed by atoms with Crippen molar-refractivity contribution in [3.05, 3.63) is 41.7 Å². The van der Waals surface area contributed by atoms with Crippen LogP contribution in [0.5, 0.6) is 0 Å². The molecule has 1 fully saturated rings. The molecule has 2 N–H and O–H groups in total. The summed E-state index contributed by atoms with van der Waals surface area (Å²) >= 11 is 0. The van der Waals surface area contributed by atoms with E-state index in [4.69, 9.17) is 0 Å². The number of aryl methyl sites for hydroxylation is 2. The summed E-state index contributed by atoms with van der Waals surface area (Å²) in [5.74, 6) is 0.0166. The number of carbonyl (C=O) groups excluding carboxylic acids is 1. The summed E-state index contributed by atoms with van der Waals surface area (Å²) in [5.41, 5.74) is 3.76. The third-order valence-corrected chi connectivity index (χ3v) is 4.56. The zero-order chi connectivity index (χ0) is 17.1. The molecule has 24 heavy (non-hydrogen) atoms. The van der Waals surface area contributed by atoms with Gasteiger partial charge in [-0.15, -0.1) is 0 Å². The lowest BCUT2D eigenvalue weighted by Crippen LogP contribution is -2.53. The Morgan fingerprint density at radius 3 is 2.67 bits per heavy atom. The monoisotopic (exact) mass is 327 g/mol. The van der Waals surface area contributed by atoms with Crippen LogP contribution in [0.3, 0.4) is 0 Å². The van der Waals surface area contributed by atoms with Crippen molar-refractivity contribution in [1.82, 2.24) is 15.1 Å². The van der Waals surface area contributed by atoms with Gasteiger partial charge in [-0.2, -0.15) is 5.10 Å². The van der Waals surface area contributed by atoms with Crippen LogP contribution in [-0.4, -0.2) is 53.2 Å². The van der Waals surface area contributed by atoms with E-state index in [1.54, 1.807) is 0 Å². The molecule has 1 atom stereocenters. The minimum Gasteiger partial charge on any atom is -0.366 e. The second-order valence-corrected chi connectivity index (χ2v) is 6.47. The van der Waals surface area contributed by atoms with Crippen molar-refractivity contribution >= 4 is 17.3 Å². The van der Waals surface area contributed by atoms with Crippen molar-refractivity contribution in [3.8, 4) is 0 Å². The van der Waals surface area contributed by atoms with Crippen molar-refractivity contribution < 1.29 is 4.79 Å². The number of para-hydroxylation sites is 1. The van der Waals surface area contributed by atoms with E-state index in [1.807, 2.05) is 19.9 Å². The van der Waals surface area contributed by atoms with Gasteiger partial charge in [-0.3, -0.25) is 14.8 Å². The van der Waals surface area contributed by atoms with Gasteiger partial charge >= 0.3 is 0 Å². The first-order valence-electron chi connectivity index (χ1n) is 8.40. The maximum absolute atomic E-state index is 12.3. The highest BCUT2D eigenvalue weighted by molar-refractivity contribution is 5.93. The van der Waals surface area contributed by atoms with Crippen LogP contribution < -0.4 is 10.2 Å². The summed E-state index contributed by atoms with van der Waals surface area (Å²) in [7, 11) is 0. The second kappa shape index (κ2) is 7.05. The van der Waals surface area contributed by atoms with Gasteiger partial charge in [0.05, 0.1) is 23.6 Å². The van der Waals surface area contributed by atoms with E-state index in [0.717, 1.165) is 36.7 Å². The van der Waals surface area contributed by atoms with Crippen molar-refractivity contribution in [3.63, 3.8) is 0 Å². The SMILES string of the molecule is Cc1n[nH]c(C)c1NC(=O)CN1CCN(c2ccccc2)C(C)C1. The summed E-state index contributed by atoms with van der Waals surface area (Å²) in [6, 6.07) is 10.8. The van der Waals surface area contributed by atoms with Gasteiger partial charge in [0.1, 0.15) is 0 Å². The average molecular weight is 327 g/mol. The van der Waals surface area contributed by atoms with E-state index < -0.39 is 0 Å². The van der Waals surface area contributed by atoms with Crippen LogP contribution in [0.15, 0.2) is 30.3 Å². The number of aromatic nitrogens is 2. The molecule has 3 rings (SSSR count). The zero-order valence-corrected chi connectivity index (χ0v) is 14.5. The minimum absolute atomic E-state index is 0.0166. The van der Waals surface area contributed by atoms with Gasteiger partial charge in [-0.25, -0.2) is 0 Å². The van der Waals surface area contributed by atoms with Crippen LogP contribution in [0.2, 0.25) is 0 Å². The Morgan fingerprint density at radius 2 is 2.04 bits per heavy atom. The molecule has 2 aromatic rings. The summed E-state index contributed by atoms with van der Waals surface area (Å²) < 4.78 is 0. The number of H-pyrrole nitrogens is 1. The standard InChI is InChI=1S/C18H25N5O/c1-13-11-22(9-10-23(13)16-7-5-4-6-8-16)12-17(24)19-18-14(2)20-21-15(18)3/h4-8,13H,9-12H2,1-3H3,(H,19,24)(H,20,21). The Bertz CT molecular complexity index is 677. The molecule has 2 heterocycles. The number of piperazine rings is 1. The fraction of sp³-hybridized carbons (Fsp3) is 0.444. The first-order chi connectivity index (χ1) is 11.5. The van der Waals surface area contributed by atoms with E-state index >= 15 is 0 Å². The van der Waals surface area contributed by atoms with Crippen LogP contribution in [0.1, 0.15) is 18.3 Å². The lowest BCUT2D eigenvalue weighted by Gasteiger charge is -2.41. The molecule has 1 aliphatic rings. The quantitative estimate of drug-likeness (QED) is 0.903. The summed E-state index contributed by atoms with van der Waals surface area (Å²) in [5, 5.41) is 9.98. The number of amides is 1. The van der Waals surface area contributed by atoms with Crippen LogP contribution >= 0.6 is 0 Å². The molecular formula is C18H25N5O. The second-order valence-electron chi connectivity index (χ2n) is 6.47. The number of anilines is 2. The summed E-state index contributed by atoms with van der Waals surface area (Å²) in [6.45, 7) is 9.12. The largest absolute Gasteiger partial charge is 0.366 e. The molecule has 128 valence electrons. The third-order valence-electron chi connectivity index (χ3n) is 4.56. The van der Waals surface area contributed by atoms with Crippen molar-refractivity contribution in [2.24, 2.45) is 0 Å². The highest BCUT2D eigenvalue weighted by Gasteiger charge is 2.25. The summed E-state index contributed by atoms with van der Waals surface area (Å²) in [4.78, 5) is 16.9. The first kappa shape index (κ1) is 16.5. The molecule has 0 aliphatic carbocycles. The van der Waals surface area contributed by atoms with E-state index in [2.05, 4.69) is 56.5 Å². The molecule has 6 nitrogen and oxygen atoms in total. The number of hydrogen-bond donors (Lipinski definition) is 2. The van der Waals surface area contributed by atoms with Gasteiger partial charge in [0.25, 0.3) is 0 Å². The maximum atomic E-state index is 12.3. The number of benzene rings is 1. The van der Waals surface area contributed by atoms with Crippen LogP contribution in [0, 0.1) is 13.8 Å². The minimum atomic E-state index is 0.0166. The molecule has 1 aromatic carbocycles. The Kier molecular flexibility index (Phi) is 4.85. The lowest BCUT2D eigenvalue weighted by atomic mass is 10.1. The third kappa shape index (κ3) is 3.59. The zero-order valence-electron chi connectivity index (χ0n) is 14.5. The highest BCUT2D eigenvalue weighted by atomic mass is 16.2. The first-order valence-corrected chi connectivity index (χ1v) is 8.40. The van der Waals surface area contributed by atoms with Crippen LogP contribution in [0.25, 0.3) is 0 Å². The molecule has 0 bridgehead atoms. The molecule has 1 amide bonds. The molecule has 1 saturated heterocycles.